The second-order valence-electron chi connectivity index (χ2n) is 7.14. The maximum absolute atomic E-state index is 13.4. The van der Waals surface area contributed by atoms with Gasteiger partial charge in [0.25, 0.3) is 0 Å². The van der Waals surface area contributed by atoms with Crippen molar-refractivity contribution >= 4 is 29.9 Å². The summed E-state index contributed by atoms with van der Waals surface area (Å²) in [5.41, 5.74) is 2.05. The van der Waals surface area contributed by atoms with E-state index in [9.17, 15) is 4.39 Å². The molecular formula is C23H32FIN4O2. The molecule has 0 radical (unpaired) electrons. The molecule has 1 atom stereocenters. The molecule has 0 aliphatic carbocycles. The van der Waals surface area contributed by atoms with E-state index in [0.29, 0.717) is 19.0 Å². The lowest BCUT2D eigenvalue weighted by Gasteiger charge is -2.35. The van der Waals surface area contributed by atoms with Crippen molar-refractivity contribution in [2.45, 2.75) is 19.5 Å². The summed E-state index contributed by atoms with van der Waals surface area (Å²) in [6.45, 7) is 7.13. The minimum absolute atomic E-state index is 0. The fraction of sp³-hybridized carbons (Fsp3) is 0.435. The molecule has 1 saturated heterocycles. The minimum Gasteiger partial charge on any atom is -0.497 e. The van der Waals surface area contributed by atoms with Gasteiger partial charge in [-0.2, -0.15) is 0 Å². The summed E-state index contributed by atoms with van der Waals surface area (Å²) in [5, 5.41) is 6.74. The van der Waals surface area contributed by atoms with Gasteiger partial charge in [0.05, 0.1) is 32.9 Å². The third-order valence-electron chi connectivity index (χ3n) is 5.10. The predicted molar refractivity (Wildman–Crippen MR) is 133 cm³/mol. The first-order chi connectivity index (χ1) is 14.7. The van der Waals surface area contributed by atoms with E-state index in [-0.39, 0.29) is 35.8 Å². The molecule has 170 valence electrons. The molecule has 2 aromatic carbocycles. The number of rotatable bonds is 8. The molecule has 0 amide bonds. The Balaban J connectivity index is 0.00000341. The van der Waals surface area contributed by atoms with Crippen LogP contribution in [0.2, 0.25) is 0 Å². The molecule has 8 heteroatoms. The Bertz CT molecular complexity index is 813. The number of morpholine rings is 1. The van der Waals surface area contributed by atoms with Crippen molar-refractivity contribution in [3.63, 3.8) is 0 Å². The SMILES string of the molecule is CCNC(=NCc1cccc(F)c1)NCC(c1ccc(OC)cc1)N1CCOCC1.I. The molecule has 1 fully saturated rings. The van der Waals surface area contributed by atoms with Crippen LogP contribution in [0, 0.1) is 5.82 Å². The molecule has 2 aromatic rings. The summed E-state index contributed by atoms with van der Waals surface area (Å²) in [7, 11) is 1.67. The van der Waals surface area contributed by atoms with Crippen LogP contribution < -0.4 is 15.4 Å². The maximum atomic E-state index is 13.4. The van der Waals surface area contributed by atoms with E-state index < -0.39 is 0 Å². The molecule has 31 heavy (non-hydrogen) atoms. The van der Waals surface area contributed by atoms with Gasteiger partial charge >= 0.3 is 0 Å². The zero-order valence-electron chi connectivity index (χ0n) is 18.1. The van der Waals surface area contributed by atoms with Gasteiger partial charge < -0.3 is 20.1 Å². The quantitative estimate of drug-likeness (QED) is 0.304. The first kappa shape index (κ1) is 25.4. The average Bonchev–Trinajstić information content (AvgIpc) is 2.78. The molecule has 1 heterocycles. The molecule has 0 saturated carbocycles. The number of hydrogen-bond acceptors (Lipinski definition) is 4. The number of benzene rings is 2. The van der Waals surface area contributed by atoms with Crippen molar-refractivity contribution < 1.29 is 13.9 Å². The van der Waals surface area contributed by atoms with Crippen LogP contribution >= 0.6 is 24.0 Å². The lowest BCUT2D eigenvalue weighted by atomic mass is 10.0. The van der Waals surface area contributed by atoms with Crippen molar-refractivity contribution in [1.29, 1.82) is 0 Å². The van der Waals surface area contributed by atoms with Gasteiger partial charge in [0.1, 0.15) is 11.6 Å². The Hall–Kier alpha value is -1.91. The zero-order valence-corrected chi connectivity index (χ0v) is 20.5. The topological polar surface area (TPSA) is 58.1 Å². The van der Waals surface area contributed by atoms with Gasteiger partial charge in [-0.15, -0.1) is 24.0 Å². The summed E-state index contributed by atoms with van der Waals surface area (Å²) >= 11 is 0. The number of guanidine groups is 1. The fourth-order valence-corrected chi connectivity index (χ4v) is 3.51. The first-order valence-electron chi connectivity index (χ1n) is 10.4. The lowest BCUT2D eigenvalue weighted by Crippen LogP contribution is -2.46. The minimum atomic E-state index is -0.243. The Morgan fingerprint density at radius 1 is 1.16 bits per heavy atom. The molecule has 0 aromatic heterocycles. The highest BCUT2D eigenvalue weighted by molar-refractivity contribution is 14.0. The molecule has 0 spiro atoms. The molecular weight excluding hydrogens is 510 g/mol. The third-order valence-corrected chi connectivity index (χ3v) is 5.10. The monoisotopic (exact) mass is 542 g/mol. The van der Waals surface area contributed by atoms with Crippen LogP contribution in [0.4, 0.5) is 4.39 Å². The van der Waals surface area contributed by atoms with Crippen LogP contribution in [0.15, 0.2) is 53.5 Å². The van der Waals surface area contributed by atoms with Crippen molar-refractivity contribution in [1.82, 2.24) is 15.5 Å². The smallest absolute Gasteiger partial charge is 0.191 e. The molecule has 3 rings (SSSR count). The normalized spacial score (nSPS) is 15.6. The highest BCUT2D eigenvalue weighted by Crippen LogP contribution is 2.23. The molecule has 1 aliphatic rings. The van der Waals surface area contributed by atoms with Gasteiger partial charge in [-0.1, -0.05) is 24.3 Å². The average molecular weight is 542 g/mol. The summed E-state index contributed by atoms with van der Waals surface area (Å²) < 4.78 is 24.3. The van der Waals surface area contributed by atoms with E-state index >= 15 is 0 Å². The predicted octanol–water partition coefficient (Wildman–Crippen LogP) is 3.58. The van der Waals surface area contributed by atoms with Crippen LogP contribution in [0.3, 0.4) is 0 Å². The molecule has 2 N–H and O–H groups in total. The summed E-state index contributed by atoms with van der Waals surface area (Å²) in [6.07, 6.45) is 0. The second-order valence-corrected chi connectivity index (χ2v) is 7.14. The first-order valence-corrected chi connectivity index (χ1v) is 10.4. The Kier molecular flexibility index (Phi) is 11.0. The van der Waals surface area contributed by atoms with Gasteiger partial charge in [0.2, 0.25) is 0 Å². The van der Waals surface area contributed by atoms with Crippen molar-refractivity contribution in [2.24, 2.45) is 4.99 Å². The van der Waals surface area contributed by atoms with Crippen LogP contribution in [-0.4, -0.2) is 57.4 Å². The Labute approximate surface area is 201 Å². The number of nitrogens with one attached hydrogen (secondary N) is 2. The number of aliphatic imine (C=N–C) groups is 1. The highest BCUT2D eigenvalue weighted by atomic mass is 127. The largest absolute Gasteiger partial charge is 0.497 e. The molecule has 6 nitrogen and oxygen atoms in total. The molecule has 1 unspecified atom stereocenters. The maximum Gasteiger partial charge on any atom is 0.191 e. The summed E-state index contributed by atoms with van der Waals surface area (Å²) in [4.78, 5) is 7.05. The number of halogens is 2. The van der Waals surface area contributed by atoms with E-state index in [2.05, 4.69) is 32.7 Å². The van der Waals surface area contributed by atoms with Crippen molar-refractivity contribution in [2.75, 3.05) is 46.5 Å². The van der Waals surface area contributed by atoms with Gasteiger partial charge in [0, 0.05) is 26.2 Å². The van der Waals surface area contributed by atoms with Gasteiger partial charge in [-0.25, -0.2) is 9.38 Å². The van der Waals surface area contributed by atoms with Crippen LogP contribution in [0.25, 0.3) is 0 Å². The second kappa shape index (κ2) is 13.5. The molecule has 0 bridgehead atoms. The van der Waals surface area contributed by atoms with Crippen molar-refractivity contribution in [3.8, 4) is 5.75 Å². The van der Waals surface area contributed by atoms with E-state index in [0.717, 1.165) is 44.2 Å². The van der Waals surface area contributed by atoms with Crippen molar-refractivity contribution in [3.05, 3.63) is 65.5 Å². The highest BCUT2D eigenvalue weighted by Gasteiger charge is 2.23. The Morgan fingerprint density at radius 2 is 1.90 bits per heavy atom. The van der Waals surface area contributed by atoms with Gasteiger partial charge in [-0.3, -0.25) is 4.90 Å². The number of nitrogens with zero attached hydrogens (tertiary/aromatic N) is 2. The fourth-order valence-electron chi connectivity index (χ4n) is 3.51. The zero-order chi connectivity index (χ0) is 21.2. The Morgan fingerprint density at radius 3 is 2.55 bits per heavy atom. The van der Waals surface area contributed by atoms with Crippen LogP contribution in [-0.2, 0) is 11.3 Å². The van der Waals surface area contributed by atoms with E-state index in [4.69, 9.17) is 9.47 Å². The third kappa shape index (κ3) is 7.93. The van der Waals surface area contributed by atoms with Gasteiger partial charge in [-0.05, 0) is 42.3 Å². The number of methoxy groups -OCH3 is 1. The number of hydrogen-bond donors (Lipinski definition) is 2. The van der Waals surface area contributed by atoms with Gasteiger partial charge in [0.15, 0.2) is 5.96 Å². The molecule has 1 aliphatic heterocycles. The lowest BCUT2D eigenvalue weighted by molar-refractivity contribution is 0.0170. The summed E-state index contributed by atoms with van der Waals surface area (Å²) in [6, 6.07) is 14.9. The van der Waals surface area contributed by atoms with Crippen LogP contribution in [0.5, 0.6) is 5.75 Å². The number of ether oxygens (including phenoxy) is 2. The van der Waals surface area contributed by atoms with Crippen LogP contribution in [0.1, 0.15) is 24.1 Å². The van der Waals surface area contributed by atoms with E-state index in [1.807, 2.05) is 25.1 Å². The van der Waals surface area contributed by atoms with E-state index in [1.54, 1.807) is 13.2 Å². The van der Waals surface area contributed by atoms with E-state index in [1.165, 1.54) is 17.7 Å². The standard InChI is InChI=1S/C23H31FN4O2.HI/c1-3-25-23(26-16-18-5-4-6-20(24)15-18)27-17-22(28-11-13-30-14-12-28)19-7-9-21(29-2)10-8-19;/h4-10,15,22H,3,11-14,16-17H2,1-2H3,(H2,25,26,27);1H. The summed E-state index contributed by atoms with van der Waals surface area (Å²) in [5.74, 6) is 1.32.